The third kappa shape index (κ3) is 10.2. The number of benzene rings is 1. The molecule has 7 heteroatoms. The molecule has 0 heterocycles. The quantitative estimate of drug-likeness (QED) is 0.281. The Morgan fingerprint density at radius 1 is 1.21 bits per heavy atom. The van der Waals surface area contributed by atoms with Crippen LogP contribution in [0.25, 0.3) is 0 Å². The first-order chi connectivity index (χ1) is 8.72. The standard InChI is InChI=1S/C12H18O3S3.Na/c1-15-12-6-4-11(5-7-12)10-17-16-8-2-3-9-18(13)14;/h4-7H,2-3,8-10H2,1H3,(H,13,14);/q;+1/p-1. The van der Waals surface area contributed by atoms with Crippen molar-refractivity contribution in [2.24, 2.45) is 0 Å². The maximum Gasteiger partial charge on any atom is 1.00 e. The second-order valence-electron chi connectivity index (χ2n) is 3.65. The van der Waals surface area contributed by atoms with Gasteiger partial charge in [-0.3, -0.25) is 4.21 Å². The molecule has 0 aliphatic heterocycles. The SMILES string of the molecule is COc1ccc(CSSCCCCS(=O)[O-])cc1.[Na+]. The maximum atomic E-state index is 10.3. The van der Waals surface area contributed by atoms with Gasteiger partial charge in [0.15, 0.2) is 0 Å². The summed E-state index contributed by atoms with van der Waals surface area (Å²) in [6, 6.07) is 8.05. The predicted molar refractivity (Wildman–Crippen MR) is 79.8 cm³/mol. The third-order valence-electron chi connectivity index (χ3n) is 2.26. The van der Waals surface area contributed by atoms with Crippen LogP contribution in [0.4, 0.5) is 0 Å². The number of hydrogen-bond acceptors (Lipinski definition) is 5. The van der Waals surface area contributed by atoms with Crippen molar-refractivity contribution in [1.29, 1.82) is 0 Å². The van der Waals surface area contributed by atoms with E-state index in [9.17, 15) is 8.76 Å². The minimum absolute atomic E-state index is 0. The van der Waals surface area contributed by atoms with E-state index in [1.807, 2.05) is 12.1 Å². The van der Waals surface area contributed by atoms with E-state index in [0.717, 1.165) is 30.1 Å². The molecule has 0 saturated heterocycles. The fraction of sp³-hybridized carbons (Fsp3) is 0.500. The van der Waals surface area contributed by atoms with Crippen LogP contribution in [0, 0.1) is 0 Å². The molecule has 0 aliphatic rings. The van der Waals surface area contributed by atoms with Gasteiger partial charge in [0.25, 0.3) is 0 Å². The van der Waals surface area contributed by atoms with Crippen molar-refractivity contribution < 1.29 is 43.1 Å². The molecule has 0 saturated carbocycles. The summed E-state index contributed by atoms with van der Waals surface area (Å²) in [5.74, 6) is 3.12. The van der Waals surface area contributed by atoms with Crippen LogP contribution in [0.15, 0.2) is 24.3 Å². The molecule has 1 atom stereocenters. The topological polar surface area (TPSA) is 49.4 Å². The van der Waals surface area contributed by atoms with Crippen LogP contribution in [-0.4, -0.2) is 27.4 Å². The van der Waals surface area contributed by atoms with Crippen LogP contribution in [0.2, 0.25) is 0 Å². The molecule has 0 aliphatic carbocycles. The second kappa shape index (κ2) is 12.6. The molecule has 0 N–H and O–H groups in total. The zero-order valence-electron chi connectivity index (χ0n) is 11.3. The van der Waals surface area contributed by atoms with E-state index in [4.69, 9.17) is 4.74 Å². The van der Waals surface area contributed by atoms with Gasteiger partial charge >= 0.3 is 29.6 Å². The summed E-state index contributed by atoms with van der Waals surface area (Å²) < 4.78 is 25.7. The van der Waals surface area contributed by atoms with Crippen molar-refractivity contribution in [2.75, 3.05) is 18.6 Å². The molecule has 0 radical (unpaired) electrons. The zero-order chi connectivity index (χ0) is 13.2. The Labute approximate surface area is 147 Å². The Balaban J connectivity index is 0.00000324. The van der Waals surface area contributed by atoms with Gasteiger partial charge < -0.3 is 9.29 Å². The van der Waals surface area contributed by atoms with E-state index in [-0.39, 0.29) is 35.3 Å². The fourth-order valence-electron chi connectivity index (χ4n) is 1.27. The van der Waals surface area contributed by atoms with Gasteiger partial charge in [-0.2, -0.15) is 0 Å². The number of unbranched alkanes of at least 4 members (excludes halogenated alkanes) is 1. The first-order valence-corrected chi connectivity index (χ1v) is 9.39. The van der Waals surface area contributed by atoms with Gasteiger partial charge in [0.2, 0.25) is 0 Å². The fourth-order valence-corrected chi connectivity index (χ4v) is 3.93. The Hall–Kier alpha value is 0.830. The Kier molecular flexibility index (Phi) is 13.1. The molecule has 0 spiro atoms. The summed E-state index contributed by atoms with van der Waals surface area (Å²) in [5.41, 5.74) is 1.27. The van der Waals surface area contributed by atoms with Gasteiger partial charge in [-0.1, -0.05) is 44.8 Å². The van der Waals surface area contributed by atoms with Crippen molar-refractivity contribution in [3.05, 3.63) is 29.8 Å². The van der Waals surface area contributed by atoms with Crippen molar-refractivity contribution >= 4 is 32.7 Å². The van der Waals surface area contributed by atoms with Gasteiger partial charge in [0, 0.05) is 17.3 Å². The van der Waals surface area contributed by atoms with E-state index in [1.54, 1.807) is 28.7 Å². The van der Waals surface area contributed by atoms with Crippen LogP contribution < -0.4 is 34.3 Å². The van der Waals surface area contributed by atoms with E-state index in [2.05, 4.69) is 12.1 Å². The van der Waals surface area contributed by atoms with Crippen LogP contribution in [-0.2, 0) is 16.8 Å². The normalized spacial score (nSPS) is 11.7. The van der Waals surface area contributed by atoms with Gasteiger partial charge in [-0.15, -0.1) is 0 Å². The minimum Gasteiger partial charge on any atom is -0.772 e. The molecular weight excluding hydrogens is 311 g/mol. The van der Waals surface area contributed by atoms with Gasteiger partial charge in [0.1, 0.15) is 5.75 Å². The van der Waals surface area contributed by atoms with Gasteiger partial charge in [-0.05, 0) is 30.5 Å². The summed E-state index contributed by atoms with van der Waals surface area (Å²) in [5, 5.41) is 0. The van der Waals surface area contributed by atoms with Crippen LogP contribution >= 0.6 is 21.6 Å². The van der Waals surface area contributed by atoms with Crippen LogP contribution in [0.3, 0.4) is 0 Å². The molecule has 0 amide bonds. The number of ether oxygens (including phenoxy) is 1. The van der Waals surface area contributed by atoms with Crippen molar-refractivity contribution in [2.45, 2.75) is 18.6 Å². The molecule has 0 fully saturated rings. The molecule has 1 rings (SSSR count). The molecule has 102 valence electrons. The summed E-state index contributed by atoms with van der Waals surface area (Å²) in [6.45, 7) is 0. The first kappa shape index (κ1) is 19.8. The molecule has 1 aromatic carbocycles. The predicted octanol–water partition coefficient (Wildman–Crippen LogP) is 0.240. The smallest absolute Gasteiger partial charge is 0.772 e. The van der Waals surface area contributed by atoms with Crippen molar-refractivity contribution in [1.82, 2.24) is 0 Å². The average molecular weight is 328 g/mol. The van der Waals surface area contributed by atoms with Crippen molar-refractivity contribution in [3.8, 4) is 5.75 Å². The number of methoxy groups -OCH3 is 1. The first-order valence-electron chi connectivity index (χ1n) is 5.65. The van der Waals surface area contributed by atoms with Gasteiger partial charge in [0.05, 0.1) is 7.11 Å². The minimum atomic E-state index is -1.88. The van der Waals surface area contributed by atoms with Crippen molar-refractivity contribution in [3.63, 3.8) is 0 Å². The molecule has 3 nitrogen and oxygen atoms in total. The molecule has 19 heavy (non-hydrogen) atoms. The Morgan fingerprint density at radius 2 is 1.89 bits per heavy atom. The second-order valence-corrected chi connectivity index (χ2v) is 7.25. The summed E-state index contributed by atoms with van der Waals surface area (Å²) >= 11 is -1.88. The number of rotatable bonds is 9. The molecule has 1 unspecified atom stereocenters. The van der Waals surface area contributed by atoms with E-state index in [0.29, 0.717) is 0 Å². The number of hydrogen-bond donors (Lipinski definition) is 0. The Bertz CT molecular complexity index is 360. The molecule has 0 aromatic heterocycles. The van der Waals surface area contributed by atoms with Crippen LogP contribution in [0.1, 0.15) is 18.4 Å². The monoisotopic (exact) mass is 328 g/mol. The summed E-state index contributed by atoms with van der Waals surface area (Å²) in [7, 11) is 5.26. The largest absolute Gasteiger partial charge is 1.00 e. The average Bonchev–Trinajstić information content (AvgIpc) is 2.38. The molecule has 0 bridgehead atoms. The molecular formula is C12H17NaO3S3. The van der Waals surface area contributed by atoms with Gasteiger partial charge in [-0.25, -0.2) is 0 Å². The maximum absolute atomic E-state index is 10.3. The zero-order valence-corrected chi connectivity index (χ0v) is 15.7. The molecule has 1 aromatic rings. The van der Waals surface area contributed by atoms with Crippen LogP contribution in [0.5, 0.6) is 5.75 Å². The van der Waals surface area contributed by atoms with E-state index in [1.165, 1.54) is 5.56 Å². The Morgan fingerprint density at radius 3 is 2.47 bits per heavy atom. The third-order valence-corrected chi connectivity index (χ3v) is 5.31. The van der Waals surface area contributed by atoms with E-state index >= 15 is 0 Å². The summed E-state index contributed by atoms with van der Waals surface area (Å²) in [4.78, 5) is 0. The summed E-state index contributed by atoms with van der Waals surface area (Å²) in [6.07, 6.45) is 1.71. The van der Waals surface area contributed by atoms with E-state index < -0.39 is 11.1 Å².